The molecule has 0 heterocycles. The van der Waals surface area contributed by atoms with Crippen LogP contribution in [0.2, 0.25) is 5.02 Å². The molecule has 2 aromatic carbocycles. The van der Waals surface area contributed by atoms with E-state index in [4.69, 9.17) is 16.3 Å². The van der Waals surface area contributed by atoms with Crippen LogP contribution in [0.3, 0.4) is 0 Å². The SMILES string of the molecule is C[C@H](CC(=O)OCC(=O)NCc1ccccc1Cl)c1ccccc1. The lowest BCUT2D eigenvalue weighted by molar-refractivity contribution is -0.148. The first-order valence-electron chi connectivity index (χ1n) is 7.77. The van der Waals surface area contributed by atoms with Crippen molar-refractivity contribution in [3.8, 4) is 0 Å². The Hall–Kier alpha value is -2.33. The van der Waals surface area contributed by atoms with E-state index in [0.29, 0.717) is 11.6 Å². The first kappa shape index (κ1) is 18.0. The number of carbonyl (C=O) groups is 2. The molecule has 0 fully saturated rings. The zero-order valence-corrected chi connectivity index (χ0v) is 14.3. The largest absolute Gasteiger partial charge is 0.456 e. The molecule has 0 bridgehead atoms. The summed E-state index contributed by atoms with van der Waals surface area (Å²) in [4.78, 5) is 23.6. The summed E-state index contributed by atoms with van der Waals surface area (Å²) in [6.45, 7) is 1.97. The summed E-state index contributed by atoms with van der Waals surface area (Å²) in [6.07, 6.45) is 0.238. The van der Waals surface area contributed by atoms with Gasteiger partial charge in [-0.1, -0.05) is 67.1 Å². The van der Waals surface area contributed by atoms with Crippen LogP contribution in [0.15, 0.2) is 54.6 Å². The van der Waals surface area contributed by atoms with Gasteiger partial charge in [0.05, 0.1) is 6.42 Å². The van der Waals surface area contributed by atoms with E-state index < -0.39 is 0 Å². The summed E-state index contributed by atoms with van der Waals surface area (Å²) in [5.74, 6) is -0.695. The van der Waals surface area contributed by atoms with Crippen molar-refractivity contribution in [3.63, 3.8) is 0 Å². The van der Waals surface area contributed by atoms with Gasteiger partial charge < -0.3 is 10.1 Å². The van der Waals surface area contributed by atoms with E-state index in [9.17, 15) is 9.59 Å². The number of hydrogen-bond acceptors (Lipinski definition) is 3. The van der Waals surface area contributed by atoms with Gasteiger partial charge in [0.2, 0.25) is 0 Å². The van der Waals surface area contributed by atoms with Crippen LogP contribution >= 0.6 is 11.6 Å². The Morgan fingerprint density at radius 3 is 2.46 bits per heavy atom. The van der Waals surface area contributed by atoms with Crippen molar-refractivity contribution in [1.29, 1.82) is 0 Å². The highest BCUT2D eigenvalue weighted by Gasteiger charge is 2.13. The molecule has 0 spiro atoms. The van der Waals surface area contributed by atoms with Crippen LogP contribution in [0, 0.1) is 0 Å². The first-order chi connectivity index (χ1) is 11.6. The van der Waals surface area contributed by atoms with Gasteiger partial charge in [-0.3, -0.25) is 9.59 Å². The Balaban J connectivity index is 1.71. The van der Waals surface area contributed by atoms with Crippen LogP contribution in [0.4, 0.5) is 0 Å². The van der Waals surface area contributed by atoms with Crippen LogP contribution in [0.25, 0.3) is 0 Å². The zero-order chi connectivity index (χ0) is 17.4. The van der Waals surface area contributed by atoms with Crippen LogP contribution in [-0.4, -0.2) is 18.5 Å². The number of ether oxygens (including phenoxy) is 1. The number of esters is 1. The van der Waals surface area contributed by atoms with Gasteiger partial charge in [-0.25, -0.2) is 0 Å². The molecule has 0 aliphatic rings. The molecule has 126 valence electrons. The molecule has 0 radical (unpaired) electrons. The van der Waals surface area contributed by atoms with Gasteiger partial charge in [-0.05, 0) is 23.1 Å². The molecular formula is C19H20ClNO3. The van der Waals surface area contributed by atoms with Crippen LogP contribution < -0.4 is 5.32 Å². The Bertz CT molecular complexity index is 688. The number of amides is 1. The fraction of sp³-hybridized carbons (Fsp3) is 0.263. The molecule has 1 N–H and O–H groups in total. The van der Waals surface area contributed by atoms with Gasteiger partial charge in [0.25, 0.3) is 5.91 Å². The average molecular weight is 346 g/mol. The molecule has 1 atom stereocenters. The molecule has 2 rings (SSSR count). The molecule has 4 nitrogen and oxygen atoms in total. The predicted molar refractivity (Wildman–Crippen MR) is 93.7 cm³/mol. The summed E-state index contributed by atoms with van der Waals surface area (Å²) in [6, 6.07) is 17.0. The van der Waals surface area contributed by atoms with E-state index in [1.54, 1.807) is 6.07 Å². The summed E-state index contributed by atoms with van der Waals surface area (Å²) >= 11 is 6.01. The number of rotatable bonds is 7. The van der Waals surface area contributed by atoms with Gasteiger partial charge in [-0.2, -0.15) is 0 Å². The van der Waals surface area contributed by atoms with Crippen molar-refractivity contribution in [1.82, 2.24) is 5.32 Å². The van der Waals surface area contributed by atoms with Crippen molar-refractivity contribution < 1.29 is 14.3 Å². The minimum absolute atomic E-state index is 0.0462. The van der Waals surface area contributed by atoms with E-state index in [1.165, 1.54) is 0 Å². The molecule has 0 unspecified atom stereocenters. The van der Waals surface area contributed by atoms with Crippen molar-refractivity contribution in [2.45, 2.75) is 25.8 Å². The molecule has 0 aliphatic heterocycles. The van der Waals surface area contributed by atoms with Crippen molar-refractivity contribution in [2.75, 3.05) is 6.61 Å². The number of hydrogen-bond donors (Lipinski definition) is 1. The molecule has 24 heavy (non-hydrogen) atoms. The third-order valence-corrected chi connectivity index (χ3v) is 4.01. The fourth-order valence-corrected chi connectivity index (χ4v) is 2.44. The van der Waals surface area contributed by atoms with Gasteiger partial charge in [-0.15, -0.1) is 0 Å². The van der Waals surface area contributed by atoms with Gasteiger partial charge in [0.15, 0.2) is 6.61 Å². The molecule has 5 heteroatoms. The highest BCUT2D eigenvalue weighted by molar-refractivity contribution is 6.31. The van der Waals surface area contributed by atoms with Crippen molar-refractivity contribution >= 4 is 23.5 Å². The van der Waals surface area contributed by atoms with Gasteiger partial charge >= 0.3 is 5.97 Å². The van der Waals surface area contributed by atoms with Crippen molar-refractivity contribution in [2.24, 2.45) is 0 Å². The second kappa shape index (κ2) is 9.08. The molecule has 0 saturated carbocycles. The first-order valence-corrected chi connectivity index (χ1v) is 8.14. The molecule has 0 saturated heterocycles. The Kier molecular flexibility index (Phi) is 6.82. The maximum atomic E-state index is 11.8. The smallest absolute Gasteiger partial charge is 0.306 e. The second-order valence-electron chi connectivity index (χ2n) is 5.54. The highest BCUT2D eigenvalue weighted by Crippen LogP contribution is 2.18. The second-order valence-corrected chi connectivity index (χ2v) is 5.95. The average Bonchev–Trinajstić information content (AvgIpc) is 2.60. The summed E-state index contributed by atoms with van der Waals surface area (Å²) in [5.41, 5.74) is 1.88. The summed E-state index contributed by atoms with van der Waals surface area (Å²) in [7, 11) is 0. The number of halogens is 1. The van der Waals surface area contributed by atoms with Crippen LogP contribution in [0.1, 0.15) is 30.4 Å². The summed E-state index contributed by atoms with van der Waals surface area (Å²) in [5, 5.41) is 3.27. The highest BCUT2D eigenvalue weighted by atomic mass is 35.5. The predicted octanol–water partition coefficient (Wildman–Crippen LogP) is 3.69. The van der Waals surface area contributed by atoms with Crippen molar-refractivity contribution in [3.05, 3.63) is 70.7 Å². The van der Waals surface area contributed by atoms with Crippen LogP contribution in [0.5, 0.6) is 0 Å². The Labute approximate surface area is 146 Å². The van der Waals surface area contributed by atoms with E-state index in [1.807, 2.05) is 55.5 Å². The van der Waals surface area contributed by atoms with Gasteiger partial charge in [0, 0.05) is 11.6 Å². The normalized spacial score (nSPS) is 11.6. The zero-order valence-electron chi connectivity index (χ0n) is 13.5. The number of carbonyl (C=O) groups excluding carboxylic acids is 2. The lowest BCUT2D eigenvalue weighted by atomic mass is 9.98. The maximum Gasteiger partial charge on any atom is 0.306 e. The topological polar surface area (TPSA) is 55.4 Å². The maximum absolute atomic E-state index is 11.8. The minimum atomic E-state index is -0.390. The quantitative estimate of drug-likeness (QED) is 0.778. The molecule has 2 aromatic rings. The molecule has 0 aromatic heterocycles. The molecule has 1 amide bonds. The van der Waals surface area contributed by atoms with E-state index >= 15 is 0 Å². The summed E-state index contributed by atoms with van der Waals surface area (Å²) < 4.78 is 5.03. The lowest BCUT2D eigenvalue weighted by Gasteiger charge is -2.11. The number of benzene rings is 2. The number of nitrogens with one attached hydrogen (secondary N) is 1. The molecule has 0 aliphatic carbocycles. The van der Waals surface area contributed by atoms with E-state index in [2.05, 4.69) is 5.32 Å². The third-order valence-electron chi connectivity index (χ3n) is 3.64. The Morgan fingerprint density at radius 2 is 1.75 bits per heavy atom. The van der Waals surface area contributed by atoms with E-state index in [0.717, 1.165) is 11.1 Å². The fourth-order valence-electron chi connectivity index (χ4n) is 2.24. The molecular weight excluding hydrogens is 326 g/mol. The standard InChI is InChI=1S/C19H20ClNO3/c1-14(15-7-3-2-4-8-15)11-19(23)24-13-18(22)21-12-16-9-5-6-10-17(16)20/h2-10,14H,11-13H2,1H3,(H,21,22)/t14-/m1/s1. The third kappa shape index (κ3) is 5.70. The van der Waals surface area contributed by atoms with Gasteiger partial charge in [0.1, 0.15) is 0 Å². The lowest BCUT2D eigenvalue weighted by Crippen LogP contribution is -2.28. The Morgan fingerprint density at radius 1 is 1.08 bits per heavy atom. The van der Waals surface area contributed by atoms with E-state index in [-0.39, 0.29) is 30.8 Å². The monoisotopic (exact) mass is 345 g/mol. The van der Waals surface area contributed by atoms with Crippen LogP contribution in [-0.2, 0) is 20.9 Å². The minimum Gasteiger partial charge on any atom is -0.456 e.